The van der Waals surface area contributed by atoms with E-state index in [1.165, 1.54) is 27.9 Å². The van der Waals surface area contributed by atoms with Crippen LogP contribution in [0, 0.1) is 6.92 Å². The van der Waals surface area contributed by atoms with Crippen LogP contribution in [-0.4, -0.2) is 4.98 Å². The highest BCUT2D eigenvalue weighted by Gasteiger charge is 2.36. The van der Waals surface area contributed by atoms with Crippen molar-refractivity contribution in [2.24, 2.45) is 0 Å². The fourth-order valence-corrected chi connectivity index (χ4v) is 2.78. The standard InChI is InChI=1S/C15H15N/c1-10-6-4-8-12-13(10)11-7-5-9-16-14(11)15(12,2)3/h4-9H,1-3H3. The molecule has 2 aromatic rings. The molecule has 0 spiro atoms. The van der Waals surface area contributed by atoms with Gasteiger partial charge in [-0.15, -0.1) is 0 Å². The molecule has 0 unspecified atom stereocenters. The zero-order valence-corrected chi connectivity index (χ0v) is 9.91. The summed E-state index contributed by atoms with van der Waals surface area (Å²) in [6.45, 7) is 6.69. The van der Waals surface area contributed by atoms with E-state index in [0.29, 0.717) is 0 Å². The second-order valence-electron chi connectivity index (χ2n) is 5.02. The van der Waals surface area contributed by atoms with Crippen LogP contribution in [-0.2, 0) is 5.41 Å². The molecule has 16 heavy (non-hydrogen) atoms. The third-order valence-corrected chi connectivity index (χ3v) is 3.62. The molecule has 1 nitrogen and oxygen atoms in total. The predicted octanol–water partition coefficient (Wildman–Crippen LogP) is 3.70. The van der Waals surface area contributed by atoms with Gasteiger partial charge in [0.15, 0.2) is 0 Å². The first kappa shape index (κ1) is 9.59. The number of fused-ring (bicyclic) bond motifs is 3. The molecule has 1 aromatic heterocycles. The molecule has 0 atom stereocenters. The van der Waals surface area contributed by atoms with Crippen molar-refractivity contribution in [3.63, 3.8) is 0 Å². The number of aryl methyl sites for hydroxylation is 1. The van der Waals surface area contributed by atoms with E-state index in [4.69, 9.17) is 0 Å². The summed E-state index contributed by atoms with van der Waals surface area (Å²) in [5, 5.41) is 0. The fraction of sp³-hybridized carbons (Fsp3) is 0.267. The van der Waals surface area contributed by atoms with Gasteiger partial charge in [-0.2, -0.15) is 0 Å². The topological polar surface area (TPSA) is 12.9 Å². The molecule has 0 saturated heterocycles. The number of aromatic nitrogens is 1. The van der Waals surface area contributed by atoms with Crippen LogP contribution in [0.5, 0.6) is 0 Å². The van der Waals surface area contributed by atoms with Crippen LogP contribution in [0.15, 0.2) is 36.5 Å². The summed E-state index contributed by atoms with van der Waals surface area (Å²) >= 11 is 0. The van der Waals surface area contributed by atoms with Crippen LogP contribution in [0.3, 0.4) is 0 Å². The van der Waals surface area contributed by atoms with Gasteiger partial charge in [0, 0.05) is 17.2 Å². The molecular formula is C15H15N. The van der Waals surface area contributed by atoms with E-state index in [1.807, 2.05) is 12.3 Å². The average molecular weight is 209 g/mol. The molecule has 0 bridgehead atoms. The van der Waals surface area contributed by atoms with Crippen molar-refractivity contribution in [2.45, 2.75) is 26.2 Å². The SMILES string of the molecule is Cc1cccc2c1-c1cccnc1C2(C)C. The van der Waals surface area contributed by atoms with Gasteiger partial charge in [-0.3, -0.25) is 4.98 Å². The summed E-state index contributed by atoms with van der Waals surface area (Å²) < 4.78 is 0. The molecule has 0 saturated carbocycles. The fourth-order valence-electron chi connectivity index (χ4n) is 2.78. The molecule has 0 fully saturated rings. The lowest BCUT2D eigenvalue weighted by molar-refractivity contribution is 0.637. The van der Waals surface area contributed by atoms with E-state index >= 15 is 0 Å². The van der Waals surface area contributed by atoms with Gasteiger partial charge < -0.3 is 0 Å². The summed E-state index contributed by atoms with van der Waals surface area (Å²) in [6.07, 6.45) is 1.89. The lowest BCUT2D eigenvalue weighted by Crippen LogP contribution is -2.16. The Balaban J connectivity index is 2.45. The smallest absolute Gasteiger partial charge is 0.0582 e. The second kappa shape index (κ2) is 2.94. The number of pyridine rings is 1. The Hall–Kier alpha value is -1.63. The summed E-state index contributed by atoms with van der Waals surface area (Å²) in [4.78, 5) is 4.57. The molecule has 0 radical (unpaired) electrons. The minimum absolute atomic E-state index is 0.0396. The Bertz CT molecular complexity index is 567. The van der Waals surface area contributed by atoms with Crippen LogP contribution in [0.25, 0.3) is 11.1 Å². The van der Waals surface area contributed by atoms with Gasteiger partial charge in [0.2, 0.25) is 0 Å². The maximum absolute atomic E-state index is 4.57. The van der Waals surface area contributed by atoms with Crippen LogP contribution < -0.4 is 0 Å². The highest BCUT2D eigenvalue weighted by molar-refractivity contribution is 5.81. The first-order valence-corrected chi connectivity index (χ1v) is 5.68. The first-order valence-electron chi connectivity index (χ1n) is 5.68. The van der Waals surface area contributed by atoms with Crippen molar-refractivity contribution in [2.75, 3.05) is 0 Å². The van der Waals surface area contributed by atoms with Gasteiger partial charge in [0.25, 0.3) is 0 Å². The van der Waals surface area contributed by atoms with Crippen molar-refractivity contribution in [3.05, 3.63) is 53.3 Å². The zero-order chi connectivity index (χ0) is 11.3. The van der Waals surface area contributed by atoms with Gasteiger partial charge in [0.1, 0.15) is 0 Å². The Kier molecular flexibility index (Phi) is 1.76. The largest absolute Gasteiger partial charge is 0.260 e. The van der Waals surface area contributed by atoms with E-state index in [0.717, 1.165) is 0 Å². The zero-order valence-electron chi connectivity index (χ0n) is 9.91. The molecule has 0 N–H and O–H groups in total. The quantitative estimate of drug-likeness (QED) is 0.644. The number of benzene rings is 1. The normalized spacial score (nSPS) is 15.7. The van der Waals surface area contributed by atoms with E-state index in [1.54, 1.807) is 0 Å². The number of hydrogen-bond donors (Lipinski definition) is 0. The van der Waals surface area contributed by atoms with Gasteiger partial charge in [0.05, 0.1) is 5.69 Å². The van der Waals surface area contributed by atoms with Gasteiger partial charge in [-0.25, -0.2) is 0 Å². The Labute approximate surface area is 96.2 Å². The van der Waals surface area contributed by atoms with Crippen LogP contribution >= 0.6 is 0 Å². The molecule has 3 rings (SSSR count). The molecule has 1 aliphatic rings. The van der Waals surface area contributed by atoms with Crippen molar-refractivity contribution >= 4 is 0 Å². The first-order chi connectivity index (χ1) is 7.62. The maximum Gasteiger partial charge on any atom is 0.0582 e. The van der Waals surface area contributed by atoms with E-state index < -0.39 is 0 Å². The number of hydrogen-bond acceptors (Lipinski definition) is 1. The second-order valence-corrected chi connectivity index (χ2v) is 5.02. The molecule has 0 amide bonds. The van der Waals surface area contributed by atoms with Gasteiger partial charge in [-0.05, 0) is 29.7 Å². The molecule has 80 valence electrons. The Morgan fingerprint density at radius 3 is 2.69 bits per heavy atom. The Morgan fingerprint density at radius 2 is 1.88 bits per heavy atom. The predicted molar refractivity (Wildman–Crippen MR) is 66.5 cm³/mol. The van der Waals surface area contributed by atoms with Crippen molar-refractivity contribution in [3.8, 4) is 11.1 Å². The van der Waals surface area contributed by atoms with Crippen LogP contribution in [0.4, 0.5) is 0 Å². The summed E-state index contributed by atoms with van der Waals surface area (Å²) in [6, 6.07) is 10.8. The highest BCUT2D eigenvalue weighted by Crippen LogP contribution is 2.48. The van der Waals surface area contributed by atoms with E-state index in [2.05, 4.69) is 50.0 Å². The maximum atomic E-state index is 4.57. The summed E-state index contributed by atoms with van der Waals surface area (Å²) in [7, 11) is 0. The third-order valence-electron chi connectivity index (χ3n) is 3.62. The van der Waals surface area contributed by atoms with Crippen molar-refractivity contribution in [1.82, 2.24) is 4.98 Å². The minimum Gasteiger partial charge on any atom is -0.260 e. The molecular weight excluding hydrogens is 194 g/mol. The monoisotopic (exact) mass is 209 g/mol. The van der Waals surface area contributed by atoms with Gasteiger partial charge >= 0.3 is 0 Å². The highest BCUT2D eigenvalue weighted by atomic mass is 14.7. The number of rotatable bonds is 0. The molecule has 1 heterocycles. The molecule has 1 heteroatoms. The molecule has 0 aliphatic heterocycles. The van der Waals surface area contributed by atoms with Crippen molar-refractivity contribution in [1.29, 1.82) is 0 Å². The summed E-state index contributed by atoms with van der Waals surface area (Å²) in [5.74, 6) is 0. The van der Waals surface area contributed by atoms with E-state index in [-0.39, 0.29) is 5.41 Å². The molecule has 1 aliphatic carbocycles. The minimum atomic E-state index is 0.0396. The van der Waals surface area contributed by atoms with Crippen molar-refractivity contribution < 1.29 is 0 Å². The average Bonchev–Trinajstić information content (AvgIpc) is 2.51. The molecule has 1 aromatic carbocycles. The van der Waals surface area contributed by atoms with Crippen LogP contribution in [0.2, 0.25) is 0 Å². The summed E-state index contributed by atoms with van der Waals surface area (Å²) in [5.41, 5.74) is 6.69. The van der Waals surface area contributed by atoms with E-state index in [9.17, 15) is 0 Å². The lowest BCUT2D eigenvalue weighted by Gasteiger charge is -2.19. The van der Waals surface area contributed by atoms with Crippen LogP contribution in [0.1, 0.15) is 30.7 Å². The Morgan fingerprint density at radius 1 is 1.06 bits per heavy atom. The van der Waals surface area contributed by atoms with Gasteiger partial charge in [-0.1, -0.05) is 38.1 Å². The number of nitrogens with zero attached hydrogens (tertiary/aromatic N) is 1. The lowest BCUT2D eigenvalue weighted by atomic mass is 9.85. The third kappa shape index (κ3) is 1.03.